The first-order valence-corrected chi connectivity index (χ1v) is 2.97. The molecule has 0 saturated carbocycles. The predicted molar refractivity (Wildman–Crippen MR) is 32.2 cm³/mol. The molecule has 0 amide bonds. The van der Waals surface area contributed by atoms with E-state index >= 15 is 0 Å². The van der Waals surface area contributed by atoms with E-state index in [4.69, 9.17) is 9.47 Å². The maximum Gasteiger partial charge on any atom is 0.146 e. The Morgan fingerprint density at radius 3 is 2.78 bits per heavy atom. The van der Waals surface area contributed by atoms with Crippen LogP contribution in [0.1, 0.15) is 6.92 Å². The van der Waals surface area contributed by atoms with Crippen LogP contribution >= 0.6 is 0 Å². The highest BCUT2D eigenvalue weighted by Crippen LogP contribution is 2.25. The number of epoxide rings is 1. The van der Waals surface area contributed by atoms with E-state index in [0.29, 0.717) is 13.4 Å². The zero-order valence-corrected chi connectivity index (χ0v) is 5.85. The molecule has 0 unspecified atom stereocenters. The van der Waals surface area contributed by atoms with Crippen LogP contribution in [0.25, 0.3) is 0 Å². The van der Waals surface area contributed by atoms with E-state index in [2.05, 4.69) is 4.74 Å². The Labute approximate surface area is 54.9 Å². The Morgan fingerprint density at radius 2 is 2.33 bits per heavy atom. The van der Waals surface area contributed by atoms with Crippen molar-refractivity contribution in [1.29, 1.82) is 0 Å². The Balaban J connectivity index is 1.92. The summed E-state index contributed by atoms with van der Waals surface area (Å²) in [6, 6.07) is 0. The van der Waals surface area contributed by atoms with Crippen molar-refractivity contribution in [3.8, 4) is 0 Å². The summed E-state index contributed by atoms with van der Waals surface area (Å²) in [4.78, 5) is 0. The van der Waals surface area contributed by atoms with Crippen LogP contribution in [-0.4, -0.2) is 32.7 Å². The lowest BCUT2D eigenvalue weighted by atomic mass is 10.2. The average molecular weight is 132 g/mol. The monoisotopic (exact) mass is 132 g/mol. The molecular weight excluding hydrogens is 120 g/mol. The third-order valence-electron chi connectivity index (χ3n) is 1.25. The van der Waals surface area contributed by atoms with Gasteiger partial charge in [0.2, 0.25) is 0 Å². The zero-order chi connectivity index (χ0) is 6.74. The van der Waals surface area contributed by atoms with Crippen LogP contribution in [-0.2, 0) is 14.2 Å². The highest BCUT2D eigenvalue weighted by Gasteiger charge is 2.39. The van der Waals surface area contributed by atoms with E-state index < -0.39 is 0 Å². The van der Waals surface area contributed by atoms with Crippen molar-refractivity contribution >= 4 is 0 Å². The van der Waals surface area contributed by atoms with Crippen molar-refractivity contribution in [2.24, 2.45) is 0 Å². The van der Waals surface area contributed by atoms with Crippen LogP contribution in [0, 0.1) is 0 Å². The molecule has 9 heavy (non-hydrogen) atoms. The van der Waals surface area contributed by atoms with Gasteiger partial charge in [-0.25, -0.2) is 0 Å². The Bertz CT molecular complexity index is 88.3. The molecule has 0 aliphatic carbocycles. The van der Waals surface area contributed by atoms with Crippen molar-refractivity contribution in [3.63, 3.8) is 0 Å². The lowest BCUT2D eigenvalue weighted by Gasteiger charge is -2.04. The quantitative estimate of drug-likeness (QED) is 0.315. The van der Waals surface area contributed by atoms with Gasteiger partial charge >= 0.3 is 0 Å². The van der Waals surface area contributed by atoms with E-state index in [-0.39, 0.29) is 5.60 Å². The first kappa shape index (κ1) is 6.99. The highest BCUT2D eigenvalue weighted by atomic mass is 16.7. The molecule has 3 nitrogen and oxygen atoms in total. The third-order valence-corrected chi connectivity index (χ3v) is 1.25. The van der Waals surface area contributed by atoms with Crippen LogP contribution in [0.15, 0.2) is 0 Å². The lowest BCUT2D eigenvalue weighted by molar-refractivity contribution is -0.0462. The van der Waals surface area contributed by atoms with Gasteiger partial charge in [-0.2, -0.15) is 0 Å². The van der Waals surface area contributed by atoms with Crippen LogP contribution in [0.4, 0.5) is 0 Å². The maximum atomic E-state index is 5.06. The number of methoxy groups -OCH3 is 1. The summed E-state index contributed by atoms with van der Waals surface area (Å²) in [5.41, 5.74) is -0.00146. The number of hydrogen-bond donors (Lipinski definition) is 0. The van der Waals surface area contributed by atoms with Crippen molar-refractivity contribution < 1.29 is 14.2 Å². The smallest absolute Gasteiger partial charge is 0.146 e. The van der Waals surface area contributed by atoms with Crippen molar-refractivity contribution in [2.45, 2.75) is 12.5 Å². The number of rotatable bonds is 4. The van der Waals surface area contributed by atoms with Gasteiger partial charge in [-0.15, -0.1) is 0 Å². The van der Waals surface area contributed by atoms with E-state index in [9.17, 15) is 0 Å². The SMILES string of the molecule is COCOC[C@@]1(C)CO1. The van der Waals surface area contributed by atoms with Crippen LogP contribution < -0.4 is 0 Å². The molecule has 1 heterocycles. The predicted octanol–water partition coefficient (Wildman–Crippen LogP) is 0.396. The lowest BCUT2D eigenvalue weighted by Crippen LogP contribution is -2.15. The minimum absolute atomic E-state index is 0.00146. The summed E-state index contributed by atoms with van der Waals surface area (Å²) in [7, 11) is 1.61. The minimum Gasteiger partial charge on any atom is -0.367 e. The Hall–Kier alpha value is -0.120. The van der Waals surface area contributed by atoms with Crippen molar-refractivity contribution in [2.75, 3.05) is 27.1 Å². The molecule has 0 aromatic carbocycles. The highest BCUT2D eigenvalue weighted by molar-refractivity contribution is 4.86. The average Bonchev–Trinajstić information content (AvgIpc) is 2.50. The maximum absolute atomic E-state index is 5.06. The molecule has 54 valence electrons. The van der Waals surface area contributed by atoms with E-state index in [0.717, 1.165) is 6.61 Å². The fraction of sp³-hybridized carbons (Fsp3) is 1.00. The van der Waals surface area contributed by atoms with Gasteiger partial charge in [0.25, 0.3) is 0 Å². The van der Waals surface area contributed by atoms with Gasteiger partial charge < -0.3 is 14.2 Å². The zero-order valence-electron chi connectivity index (χ0n) is 5.85. The second kappa shape index (κ2) is 2.64. The normalized spacial score (nSPS) is 32.7. The van der Waals surface area contributed by atoms with Gasteiger partial charge in [-0.1, -0.05) is 0 Å². The summed E-state index contributed by atoms with van der Waals surface area (Å²) in [6.45, 7) is 3.83. The summed E-state index contributed by atoms with van der Waals surface area (Å²) >= 11 is 0. The third kappa shape index (κ3) is 2.30. The Morgan fingerprint density at radius 1 is 1.67 bits per heavy atom. The van der Waals surface area contributed by atoms with E-state index in [1.807, 2.05) is 6.92 Å². The topological polar surface area (TPSA) is 31.0 Å². The number of ether oxygens (including phenoxy) is 3. The molecule has 1 rings (SSSR count). The summed E-state index contributed by atoms with van der Waals surface area (Å²) in [6.07, 6.45) is 0. The van der Waals surface area contributed by atoms with Crippen LogP contribution in [0.5, 0.6) is 0 Å². The molecule has 1 fully saturated rings. The fourth-order valence-electron chi connectivity index (χ4n) is 0.547. The van der Waals surface area contributed by atoms with Crippen LogP contribution in [0.3, 0.4) is 0 Å². The first-order chi connectivity index (χ1) is 4.27. The molecule has 0 aromatic rings. The van der Waals surface area contributed by atoms with Gasteiger partial charge in [0.15, 0.2) is 0 Å². The molecule has 0 N–H and O–H groups in total. The van der Waals surface area contributed by atoms with Crippen molar-refractivity contribution in [1.82, 2.24) is 0 Å². The standard InChI is InChI=1S/C6H12O3/c1-6(4-9-6)3-8-5-7-2/h3-5H2,1-2H3/t6-/m0/s1. The van der Waals surface area contributed by atoms with Gasteiger partial charge in [-0.05, 0) is 6.92 Å². The van der Waals surface area contributed by atoms with Crippen molar-refractivity contribution in [3.05, 3.63) is 0 Å². The van der Waals surface area contributed by atoms with Gasteiger partial charge in [0, 0.05) is 7.11 Å². The minimum atomic E-state index is -0.00146. The van der Waals surface area contributed by atoms with E-state index in [1.54, 1.807) is 7.11 Å². The second-order valence-corrected chi connectivity index (χ2v) is 2.49. The molecular formula is C6H12O3. The van der Waals surface area contributed by atoms with Gasteiger partial charge in [-0.3, -0.25) is 0 Å². The van der Waals surface area contributed by atoms with Gasteiger partial charge in [0.1, 0.15) is 12.4 Å². The molecule has 0 bridgehead atoms. The Kier molecular flexibility index (Phi) is 2.05. The first-order valence-electron chi connectivity index (χ1n) is 2.97. The molecule has 0 radical (unpaired) electrons. The molecule has 1 saturated heterocycles. The summed E-state index contributed by atoms with van der Waals surface area (Å²) < 4.78 is 14.8. The second-order valence-electron chi connectivity index (χ2n) is 2.49. The largest absolute Gasteiger partial charge is 0.367 e. The van der Waals surface area contributed by atoms with E-state index in [1.165, 1.54) is 0 Å². The summed E-state index contributed by atoms with van der Waals surface area (Å²) in [5.74, 6) is 0. The molecule has 0 aromatic heterocycles. The molecule has 0 spiro atoms. The number of hydrogen-bond acceptors (Lipinski definition) is 3. The van der Waals surface area contributed by atoms with Crippen LogP contribution in [0.2, 0.25) is 0 Å². The molecule has 1 aliphatic heterocycles. The molecule has 1 atom stereocenters. The summed E-state index contributed by atoms with van der Waals surface area (Å²) in [5, 5.41) is 0. The molecule has 3 heteroatoms. The van der Waals surface area contributed by atoms with Gasteiger partial charge in [0.05, 0.1) is 13.2 Å². The molecule has 1 aliphatic rings. The fourth-order valence-corrected chi connectivity index (χ4v) is 0.547.